The number of pyridine rings is 1. The molecule has 0 radical (unpaired) electrons. The lowest BCUT2D eigenvalue weighted by Crippen LogP contribution is -2.40. The highest BCUT2D eigenvalue weighted by molar-refractivity contribution is 5.82. The van der Waals surface area contributed by atoms with E-state index in [1.807, 2.05) is 0 Å². The molecule has 1 aromatic heterocycles. The van der Waals surface area contributed by atoms with Crippen molar-refractivity contribution < 1.29 is 0 Å². The van der Waals surface area contributed by atoms with Crippen LogP contribution in [0.4, 0.5) is 0 Å². The van der Waals surface area contributed by atoms with Crippen molar-refractivity contribution >= 4 is 10.9 Å². The first-order valence-electron chi connectivity index (χ1n) is 8.07. The lowest BCUT2D eigenvalue weighted by molar-refractivity contribution is 0.119. The number of nitrogens with zero attached hydrogens (tertiary/aromatic N) is 2. The Bertz CT molecular complexity index is 604. The Morgan fingerprint density at radius 1 is 1.29 bits per heavy atom. The topological polar surface area (TPSA) is 42.1 Å². The second kappa shape index (κ2) is 6.54. The van der Waals surface area contributed by atoms with Crippen molar-refractivity contribution in [1.29, 1.82) is 0 Å². The molecule has 0 unspecified atom stereocenters. The summed E-state index contributed by atoms with van der Waals surface area (Å²) in [5, 5.41) is 1.29. The predicted octanol–water partition coefficient (Wildman–Crippen LogP) is 3.25. The second-order valence-electron chi connectivity index (χ2n) is 6.14. The third-order valence-electron chi connectivity index (χ3n) is 4.54. The van der Waals surface area contributed by atoms with Crippen molar-refractivity contribution in [2.24, 2.45) is 5.73 Å². The van der Waals surface area contributed by atoms with Crippen LogP contribution in [-0.4, -0.2) is 29.0 Å². The Hall–Kier alpha value is -1.45. The highest BCUT2D eigenvalue weighted by Gasteiger charge is 2.24. The van der Waals surface area contributed by atoms with Crippen molar-refractivity contribution in [2.75, 3.05) is 13.1 Å². The van der Waals surface area contributed by atoms with Gasteiger partial charge in [-0.1, -0.05) is 24.6 Å². The van der Waals surface area contributed by atoms with Gasteiger partial charge in [0.25, 0.3) is 0 Å². The van der Waals surface area contributed by atoms with Crippen LogP contribution >= 0.6 is 0 Å². The zero-order valence-electron chi connectivity index (χ0n) is 12.9. The molecule has 1 saturated carbocycles. The summed E-state index contributed by atoms with van der Waals surface area (Å²) in [5.41, 5.74) is 9.33. The average Bonchev–Trinajstić information content (AvgIpc) is 2.42. The maximum absolute atomic E-state index is 5.71. The van der Waals surface area contributed by atoms with Gasteiger partial charge in [-0.25, -0.2) is 0 Å². The quantitative estimate of drug-likeness (QED) is 0.885. The number of para-hydroxylation sites is 1. The van der Waals surface area contributed by atoms with Gasteiger partial charge in [0.2, 0.25) is 0 Å². The molecule has 3 heteroatoms. The van der Waals surface area contributed by atoms with Crippen LogP contribution in [0.1, 0.15) is 36.9 Å². The number of benzene rings is 1. The summed E-state index contributed by atoms with van der Waals surface area (Å²) < 4.78 is 0. The lowest BCUT2D eigenvalue weighted by atomic mass is 9.90. The van der Waals surface area contributed by atoms with Crippen molar-refractivity contribution in [2.45, 2.75) is 45.2 Å². The fraction of sp³-hybridized carbons (Fsp3) is 0.500. The van der Waals surface area contributed by atoms with Crippen molar-refractivity contribution in [1.82, 2.24) is 9.88 Å². The van der Waals surface area contributed by atoms with Crippen LogP contribution in [0, 0.1) is 6.92 Å². The molecule has 2 aromatic rings. The van der Waals surface area contributed by atoms with Gasteiger partial charge in [-0.2, -0.15) is 0 Å². The molecule has 0 amide bonds. The van der Waals surface area contributed by atoms with E-state index in [1.165, 1.54) is 30.2 Å². The largest absolute Gasteiger partial charge is 0.330 e. The van der Waals surface area contributed by atoms with Gasteiger partial charge in [-0.05, 0) is 57.0 Å². The minimum absolute atomic E-state index is 0.754. The Morgan fingerprint density at radius 3 is 2.81 bits per heavy atom. The molecule has 1 aliphatic rings. The van der Waals surface area contributed by atoms with E-state index in [1.54, 1.807) is 0 Å². The van der Waals surface area contributed by atoms with Crippen LogP contribution in [0.3, 0.4) is 0 Å². The maximum atomic E-state index is 5.71. The Balaban J connectivity index is 1.87. The summed E-state index contributed by atoms with van der Waals surface area (Å²) in [7, 11) is 0. The fourth-order valence-electron chi connectivity index (χ4n) is 3.18. The molecule has 1 aromatic carbocycles. The standard InChI is InChI=1S/C18H25N3/c1-14-12-15(17-8-2-3-9-18(17)20-14)13-21(11-5-10-19)16-6-4-7-16/h2-3,8-9,12,16H,4-7,10-11,13,19H2,1H3. The van der Waals surface area contributed by atoms with E-state index < -0.39 is 0 Å². The van der Waals surface area contributed by atoms with E-state index in [9.17, 15) is 0 Å². The molecule has 2 N–H and O–H groups in total. The highest BCUT2D eigenvalue weighted by Crippen LogP contribution is 2.28. The Labute approximate surface area is 127 Å². The molecule has 21 heavy (non-hydrogen) atoms. The first kappa shape index (κ1) is 14.5. The molecule has 1 aliphatic carbocycles. The number of rotatable bonds is 6. The first-order valence-corrected chi connectivity index (χ1v) is 8.07. The van der Waals surface area contributed by atoms with E-state index >= 15 is 0 Å². The SMILES string of the molecule is Cc1cc(CN(CCCN)C2CCC2)c2ccccc2n1. The van der Waals surface area contributed by atoms with E-state index in [0.717, 1.165) is 43.3 Å². The maximum Gasteiger partial charge on any atom is 0.0708 e. The van der Waals surface area contributed by atoms with E-state index in [-0.39, 0.29) is 0 Å². The van der Waals surface area contributed by atoms with E-state index in [4.69, 9.17) is 5.73 Å². The van der Waals surface area contributed by atoms with Gasteiger partial charge < -0.3 is 5.73 Å². The number of fused-ring (bicyclic) bond motifs is 1. The summed E-state index contributed by atoms with van der Waals surface area (Å²) in [5.74, 6) is 0. The Morgan fingerprint density at radius 2 is 2.10 bits per heavy atom. The van der Waals surface area contributed by atoms with Crippen LogP contribution in [0.5, 0.6) is 0 Å². The number of aromatic nitrogens is 1. The molecule has 1 fully saturated rings. The summed E-state index contributed by atoms with van der Waals surface area (Å²) in [6, 6.07) is 11.5. The molecule has 3 rings (SSSR count). The molecule has 0 aliphatic heterocycles. The van der Waals surface area contributed by atoms with Crippen LogP contribution in [0.25, 0.3) is 10.9 Å². The van der Waals surface area contributed by atoms with Gasteiger partial charge in [-0.15, -0.1) is 0 Å². The number of aryl methyl sites for hydroxylation is 1. The molecule has 1 heterocycles. The zero-order valence-corrected chi connectivity index (χ0v) is 12.9. The van der Waals surface area contributed by atoms with Crippen LogP contribution in [0.15, 0.2) is 30.3 Å². The third-order valence-corrected chi connectivity index (χ3v) is 4.54. The second-order valence-corrected chi connectivity index (χ2v) is 6.14. The summed E-state index contributed by atoms with van der Waals surface area (Å²) in [4.78, 5) is 7.27. The van der Waals surface area contributed by atoms with Gasteiger partial charge in [0.05, 0.1) is 5.52 Å². The highest BCUT2D eigenvalue weighted by atomic mass is 15.2. The number of nitrogens with two attached hydrogens (primary N) is 1. The van der Waals surface area contributed by atoms with Gasteiger partial charge in [-0.3, -0.25) is 9.88 Å². The molecular formula is C18H25N3. The van der Waals surface area contributed by atoms with E-state index in [0.29, 0.717) is 0 Å². The predicted molar refractivity (Wildman–Crippen MR) is 88.2 cm³/mol. The summed E-state index contributed by atoms with van der Waals surface area (Å²) in [6.07, 6.45) is 5.14. The van der Waals surface area contributed by atoms with Crippen LogP contribution < -0.4 is 5.73 Å². The number of hydrogen-bond acceptors (Lipinski definition) is 3. The van der Waals surface area contributed by atoms with E-state index in [2.05, 4.69) is 47.1 Å². The van der Waals surface area contributed by atoms with Crippen molar-refractivity contribution in [3.05, 3.63) is 41.6 Å². The lowest BCUT2D eigenvalue weighted by Gasteiger charge is -2.38. The zero-order chi connectivity index (χ0) is 14.7. The van der Waals surface area contributed by atoms with Crippen LogP contribution in [-0.2, 0) is 6.54 Å². The van der Waals surface area contributed by atoms with Gasteiger partial charge >= 0.3 is 0 Å². The molecule has 0 saturated heterocycles. The van der Waals surface area contributed by atoms with Gasteiger partial charge in [0, 0.05) is 23.7 Å². The molecule has 0 bridgehead atoms. The smallest absolute Gasteiger partial charge is 0.0708 e. The molecule has 0 spiro atoms. The Kier molecular flexibility index (Phi) is 4.51. The fourth-order valence-corrected chi connectivity index (χ4v) is 3.18. The first-order chi connectivity index (χ1) is 10.3. The normalized spacial score (nSPS) is 15.6. The van der Waals surface area contributed by atoms with Gasteiger partial charge in [0.15, 0.2) is 0 Å². The monoisotopic (exact) mass is 283 g/mol. The minimum atomic E-state index is 0.754. The van der Waals surface area contributed by atoms with Crippen molar-refractivity contribution in [3.63, 3.8) is 0 Å². The number of hydrogen-bond donors (Lipinski definition) is 1. The third kappa shape index (κ3) is 3.25. The molecular weight excluding hydrogens is 258 g/mol. The van der Waals surface area contributed by atoms with Crippen molar-refractivity contribution in [3.8, 4) is 0 Å². The summed E-state index contributed by atoms with van der Waals surface area (Å²) >= 11 is 0. The molecule has 112 valence electrons. The average molecular weight is 283 g/mol. The summed E-state index contributed by atoms with van der Waals surface area (Å²) in [6.45, 7) is 4.99. The minimum Gasteiger partial charge on any atom is -0.330 e. The van der Waals surface area contributed by atoms with Gasteiger partial charge in [0.1, 0.15) is 0 Å². The molecule has 3 nitrogen and oxygen atoms in total. The molecule has 0 atom stereocenters. The van der Waals surface area contributed by atoms with Crippen LogP contribution in [0.2, 0.25) is 0 Å².